The van der Waals surface area contributed by atoms with Crippen molar-refractivity contribution in [3.05, 3.63) is 18.0 Å². The van der Waals surface area contributed by atoms with Gasteiger partial charge < -0.3 is 5.32 Å². The third-order valence-electron chi connectivity index (χ3n) is 3.39. The molecule has 1 aromatic rings. The number of nitrogens with one attached hydrogen (secondary N) is 1. The van der Waals surface area contributed by atoms with Crippen molar-refractivity contribution >= 4 is 0 Å². The third kappa shape index (κ3) is 7.36. The van der Waals surface area contributed by atoms with Crippen molar-refractivity contribution in [1.82, 2.24) is 15.1 Å². The van der Waals surface area contributed by atoms with Crippen LogP contribution in [0.1, 0.15) is 46.1 Å². The van der Waals surface area contributed by atoms with Crippen molar-refractivity contribution in [3.8, 4) is 0 Å². The smallest absolute Gasteiger partial charge is 0.0521 e. The second kappa shape index (κ2) is 8.36. The van der Waals surface area contributed by atoms with Crippen LogP contribution in [0.2, 0.25) is 0 Å². The van der Waals surface area contributed by atoms with E-state index in [4.69, 9.17) is 0 Å². The van der Waals surface area contributed by atoms with Crippen LogP contribution in [-0.2, 0) is 13.5 Å². The van der Waals surface area contributed by atoms with Gasteiger partial charge in [0.15, 0.2) is 0 Å². The van der Waals surface area contributed by atoms with E-state index in [9.17, 15) is 0 Å². The lowest BCUT2D eigenvalue weighted by Crippen LogP contribution is -2.27. The van der Waals surface area contributed by atoms with Crippen LogP contribution in [0.4, 0.5) is 0 Å². The molecule has 110 valence electrons. The first-order valence-electron chi connectivity index (χ1n) is 7.65. The maximum atomic E-state index is 4.24. The second-order valence-electron chi connectivity index (χ2n) is 6.61. The Labute approximate surface area is 118 Å². The van der Waals surface area contributed by atoms with Gasteiger partial charge in [-0.1, -0.05) is 27.7 Å². The summed E-state index contributed by atoms with van der Waals surface area (Å²) in [7, 11) is 1.99. The topological polar surface area (TPSA) is 29.9 Å². The highest BCUT2D eigenvalue weighted by Gasteiger charge is 2.11. The highest BCUT2D eigenvalue weighted by Crippen LogP contribution is 2.17. The summed E-state index contributed by atoms with van der Waals surface area (Å²) in [5.41, 5.74) is 1.36. The van der Waals surface area contributed by atoms with Crippen LogP contribution >= 0.6 is 0 Å². The molecular formula is C16H31N3. The summed E-state index contributed by atoms with van der Waals surface area (Å²) < 4.78 is 1.89. The lowest BCUT2D eigenvalue weighted by atomic mass is 9.91. The van der Waals surface area contributed by atoms with Crippen LogP contribution in [-0.4, -0.2) is 22.9 Å². The fourth-order valence-corrected chi connectivity index (χ4v) is 2.52. The lowest BCUT2D eigenvalue weighted by Gasteiger charge is -2.20. The summed E-state index contributed by atoms with van der Waals surface area (Å²) in [5, 5.41) is 7.85. The van der Waals surface area contributed by atoms with Gasteiger partial charge in [-0.2, -0.15) is 5.10 Å². The van der Waals surface area contributed by atoms with Crippen molar-refractivity contribution in [2.24, 2.45) is 24.8 Å². The number of nitrogens with zero attached hydrogens (tertiary/aromatic N) is 2. The van der Waals surface area contributed by atoms with E-state index in [0.717, 1.165) is 37.3 Å². The molecule has 0 saturated carbocycles. The average molecular weight is 265 g/mol. The molecule has 1 rings (SSSR count). The van der Waals surface area contributed by atoms with Gasteiger partial charge in [0.2, 0.25) is 0 Å². The van der Waals surface area contributed by atoms with Gasteiger partial charge in [0.25, 0.3) is 0 Å². The van der Waals surface area contributed by atoms with E-state index in [0.29, 0.717) is 0 Å². The maximum absolute atomic E-state index is 4.24. The Morgan fingerprint density at radius 3 is 2.42 bits per heavy atom. The molecule has 0 spiro atoms. The molecular weight excluding hydrogens is 234 g/mol. The van der Waals surface area contributed by atoms with Crippen molar-refractivity contribution in [2.45, 2.75) is 47.0 Å². The standard InChI is InChI=1S/C16H31N3/c1-13(2)8-15(10-17-9-14(3)4)6-7-16-11-18-19(5)12-16/h11-15,17H,6-10H2,1-5H3. The number of aromatic nitrogens is 2. The quantitative estimate of drug-likeness (QED) is 0.743. The predicted molar refractivity (Wildman–Crippen MR) is 82.2 cm³/mol. The molecule has 3 nitrogen and oxygen atoms in total. The van der Waals surface area contributed by atoms with Gasteiger partial charge in [0, 0.05) is 13.2 Å². The van der Waals surface area contributed by atoms with Crippen LogP contribution in [0.3, 0.4) is 0 Å². The zero-order valence-corrected chi connectivity index (χ0v) is 13.3. The molecule has 0 saturated heterocycles. The van der Waals surface area contributed by atoms with E-state index in [1.807, 2.05) is 17.9 Å². The average Bonchev–Trinajstić information content (AvgIpc) is 2.70. The zero-order valence-electron chi connectivity index (χ0n) is 13.3. The van der Waals surface area contributed by atoms with Gasteiger partial charge in [0.05, 0.1) is 6.20 Å². The summed E-state index contributed by atoms with van der Waals surface area (Å²) in [4.78, 5) is 0. The minimum Gasteiger partial charge on any atom is -0.316 e. The Morgan fingerprint density at radius 1 is 1.16 bits per heavy atom. The molecule has 0 bridgehead atoms. The summed E-state index contributed by atoms with van der Waals surface area (Å²) >= 11 is 0. The molecule has 1 heterocycles. The zero-order chi connectivity index (χ0) is 14.3. The Balaban J connectivity index is 2.35. The summed E-state index contributed by atoms with van der Waals surface area (Å²) in [6.45, 7) is 11.4. The Hall–Kier alpha value is -0.830. The molecule has 3 heteroatoms. The second-order valence-corrected chi connectivity index (χ2v) is 6.61. The SMILES string of the molecule is CC(C)CNCC(CCc1cnn(C)c1)CC(C)C. The monoisotopic (exact) mass is 265 g/mol. The molecule has 1 aromatic heterocycles. The molecule has 1 atom stereocenters. The van der Waals surface area contributed by atoms with Crippen molar-refractivity contribution in [1.29, 1.82) is 0 Å². The normalized spacial score (nSPS) is 13.4. The van der Waals surface area contributed by atoms with Crippen LogP contribution in [0.25, 0.3) is 0 Å². The van der Waals surface area contributed by atoms with Crippen LogP contribution < -0.4 is 5.32 Å². The fraction of sp³-hybridized carbons (Fsp3) is 0.812. The minimum absolute atomic E-state index is 0.734. The molecule has 0 aliphatic rings. The summed E-state index contributed by atoms with van der Waals surface area (Å²) in [6.07, 6.45) is 7.84. The lowest BCUT2D eigenvalue weighted by molar-refractivity contribution is 0.359. The largest absolute Gasteiger partial charge is 0.316 e. The van der Waals surface area contributed by atoms with E-state index in [1.54, 1.807) is 0 Å². The van der Waals surface area contributed by atoms with E-state index in [2.05, 4.69) is 44.3 Å². The highest BCUT2D eigenvalue weighted by atomic mass is 15.2. The fourth-order valence-electron chi connectivity index (χ4n) is 2.52. The highest BCUT2D eigenvalue weighted by molar-refractivity contribution is 5.03. The number of hydrogen-bond donors (Lipinski definition) is 1. The van der Waals surface area contributed by atoms with Gasteiger partial charge in [0.1, 0.15) is 0 Å². The molecule has 1 N–H and O–H groups in total. The van der Waals surface area contributed by atoms with Crippen LogP contribution in [0.15, 0.2) is 12.4 Å². The molecule has 0 amide bonds. The number of aryl methyl sites for hydroxylation is 2. The van der Waals surface area contributed by atoms with Gasteiger partial charge >= 0.3 is 0 Å². The van der Waals surface area contributed by atoms with Crippen molar-refractivity contribution < 1.29 is 0 Å². The molecule has 19 heavy (non-hydrogen) atoms. The first-order valence-corrected chi connectivity index (χ1v) is 7.65. The first-order chi connectivity index (χ1) is 8.97. The van der Waals surface area contributed by atoms with Gasteiger partial charge in [-0.05, 0) is 55.7 Å². The number of hydrogen-bond acceptors (Lipinski definition) is 2. The Kier molecular flexibility index (Phi) is 7.14. The van der Waals surface area contributed by atoms with E-state index >= 15 is 0 Å². The van der Waals surface area contributed by atoms with E-state index in [-0.39, 0.29) is 0 Å². The van der Waals surface area contributed by atoms with Gasteiger partial charge in [-0.25, -0.2) is 0 Å². The molecule has 0 fully saturated rings. The Morgan fingerprint density at radius 2 is 1.89 bits per heavy atom. The Bertz CT molecular complexity index is 342. The maximum Gasteiger partial charge on any atom is 0.0521 e. The van der Waals surface area contributed by atoms with Crippen molar-refractivity contribution in [2.75, 3.05) is 13.1 Å². The first kappa shape index (κ1) is 16.2. The van der Waals surface area contributed by atoms with Crippen LogP contribution in [0.5, 0.6) is 0 Å². The van der Waals surface area contributed by atoms with E-state index < -0.39 is 0 Å². The molecule has 0 aliphatic heterocycles. The van der Waals surface area contributed by atoms with Crippen LogP contribution in [0, 0.1) is 17.8 Å². The molecule has 1 unspecified atom stereocenters. The molecule has 0 aromatic carbocycles. The van der Waals surface area contributed by atoms with Gasteiger partial charge in [-0.15, -0.1) is 0 Å². The van der Waals surface area contributed by atoms with Gasteiger partial charge in [-0.3, -0.25) is 4.68 Å². The van der Waals surface area contributed by atoms with Crippen molar-refractivity contribution in [3.63, 3.8) is 0 Å². The van der Waals surface area contributed by atoms with E-state index in [1.165, 1.54) is 18.4 Å². The number of rotatable bonds is 9. The molecule has 0 aliphatic carbocycles. The molecule has 0 radical (unpaired) electrons. The third-order valence-corrected chi connectivity index (χ3v) is 3.39. The minimum atomic E-state index is 0.734. The predicted octanol–water partition coefficient (Wildman–Crippen LogP) is 3.26. The summed E-state index contributed by atoms with van der Waals surface area (Å²) in [6, 6.07) is 0. The summed E-state index contributed by atoms with van der Waals surface area (Å²) in [5.74, 6) is 2.29.